The SMILES string of the molecule is c1ccc(-c2ccc(-c3nc(-c4ccccc4)nc(-c4ccc5c(c4)sc4cccc(-c6cc(-c7ccccc7)cc7c6sc6ccccc67)c45)n3)cc2)cc1. The summed E-state index contributed by atoms with van der Waals surface area (Å²) in [4.78, 5) is 15.2. The van der Waals surface area contributed by atoms with Crippen LogP contribution in [0.4, 0.5) is 0 Å². The summed E-state index contributed by atoms with van der Waals surface area (Å²) in [5, 5.41) is 5.12. The molecule has 262 valence electrons. The Balaban J connectivity index is 1.07. The molecule has 8 aromatic carbocycles. The van der Waals surface area contributed by atoms with Crippen molar-refractivity contribution in [3.8, 4) is 67.5 Å². The summed E-state index contributed by atoms with van der Waals surface area (Å²) in [7, 11) is 0. The van der Waals surface area contributed by atoms with Gasteiger partial charge in [-0.15, -0.1) is 22.7 Å². The zero-order valence-corrected chi connectivity index (χ0v) is 31.7. The Morgan fingerprint density at radius 3 is 1.54 bits per heavy atom. The summed E-state index contributed by atoms with van der Waals surface area (Å²) in [5.74, 6) is 1.96. The molecule has 5 heteroatoms. The largest absolute Gasteiger partial charge is 0.208 e. The van der Waals surface area contributed by atoms with Gasteiger partial charge in [0.15, 0.2) is 17.5 Å². The smallest absolute Gasteiger partial charge is 0.164 e. The molecule has 0 N–H and O–H groups in total. The van der Waals surface area contributed by atoms with E-state index in [0.717, 1.165) is 22.3 Å². The molecular formula is C51H31N3S2. The molecule has 11 rings (SSSR count). The summed E-state index contributed by atoms with van der Waals surface area (Å²) in [5.41, 5.74) is 10.2. The van der Waals surface area contributed by atoms with E-state index in [-0.39, 0.29) is 0 Å². The average molecular weight is 750 g/mol. The minimum Gasteiger partial charge on any atom is -0.208 e. The van der Waals surface area contributed by atoms with Crippen molar-refractivity contribution in [1.82, 2.24) is 15.0 Å². The van der Waals surface area contributed by atoms with Gasteiger partial charge in [-0.2, -0.15) is 0 Å². The van der Waals surface area contributed by atoms with Crippen LogP contribution in [0.25, 0.3) is 108 Å². The second-order valence-electron chi connectivity index (χ2n) is 14.0. The van der Waals surface area contributed by atoms with Crippen molar-refractivity contribution in [3.63, 3.8) is 0 Å². The van der Waals surface area contributed by atoms with Gasteiger partial charge in [-0.05, 0) is 58.1 Å². The Kier molecular flexibility index (Phi) is 7.87. The molecule has 0 bridgehead atoms. The monoisotopic (exact) mass is 749 g/mol. The minimum atomic E-state index is 0.651. The van der Waals surface area contributed by atoms with E-state index in [1.807, 2.05) is 46.9 Å². The fraction of sp³-hybridized carbons (Fsp3) is 0. The molecule has 3 aromatic heterocycles. The van der Waals surface area contributed by atoms with E-state index in [0.29, 0.717) is 17.5 Å². The standard InChI is InChI=1S/C51H31N3S2/c1-4-13-32(14-5-1)34-23-25-36(26-24-34)50-52-49(35-17-8-3-9-18-35)53-51(54-50)37-27-28-41-46(31-37)55-45-22-12-20-40(47(41)45)43-30-38(33-15-6-2-7-16-33)29-42-39-19-10-11-21-44(39)56-48(42)43/h1-31H. The fourth-order valence-corrected chi connectivity index (χ4v) is 10.2. The van der Waals surface area contributed by atoms with Crippen molar-refractivity contribution >= 4 is 63.0 Å². The maximum atomic E-state index is 5.10. The maximum Gasteiger partial charge on any atom is 0.164 e. The number of fused-ring (bicyclic) bond motifs is 6. The molecule has 0 fully saturated rings. The number of hydrogen-bond donors (Lipinski definition) is 0. The highest BCUT2D eigenvalue weighted by molar-refractivity contribution is 7.27. The first-order valence-electron chi connectivity index (χ1n) is 18.7. The van der Waals surface area contributed by atoms with E-state index in [2.05, 4.69) is 164 Å². The number of nitrogens with zero attached hydrogens (tertiary/aromatic N) is 3. The van der Waals surface area contributed by atoms with Crippen LogP contribution in [0.2, 0.25) is 0 Å². The van der Waals surface area contributed by atoms with Gasteiger partial charge in [0.25, 0.3) is 0 Å². The first-order chi connectivity index (χ1) is 27.7. The second-order valence-corrected chi connectivity index (χ2v) is 16.1. The van der Waals surface area contributed by atoms with Crippen molar-refractivity contribution < 1.29 is 0 Å². The summed E-state index contributed by atoms with van der Waals surface area (Å²) in [6.45, 7) is 0. The van der Waals surface area contributed by atoms with E-state index in [1.54, 1.807) is 0 Å². The van der Waals surface area contributed by atoms with Gasteiger partial charge in [-0.25, -0.2) is 15.0 Å². The van der Waals surface area contributed by atoms with Gasteiger partial charge >= 0.3 is 0 Å². The van der Waals surface area contributed by atoms with Crippen LogP contribution in [0, 0.1) is 0 Å². The summed E-state index contributed by atoms with van der Waals surface area (Å²) < 4.78 is 5.08. The lowest BCUT2D eigenvalue weighted by Crippen LogP contribution is -2.00. The van der Waals surface area contributed by atoms with Crippen molar-refractivity contribution in [1.29, 1.82) is 0 Å². The highest BCUT2D eigenvalue weighted by atomic mass is 32.1. The molecule has 11 aromatic rings. The highest BCUT2D eigenvalue weighted by Gasteiger charge is 2.19. The van der Waals surface area contributed by atoms with E-state index in [9.17, 15) is 0 Å². The fourth-order valence-electron chi connectivity index (χ4n) is 7.81. The molecule has 56 heavy (non-hydrogen) atoms. The molecule has 0 atom stereocenters. The van der Waals surface area contributed by atoms with E-state index >= 15 is 0 Å². The molecule has 3 heterocycles. The number of thiophene rings is 2. The van der Waals surface area contributed by atoms with E-state index in [4.69, 9.17) is 15.0 Å². The Morgan fingerprint density at radius 2 is 0.821 bits per heavy atom. The summed E-state index contributed by atoms with van der Waals surface area (Å²) in [6.07, 6.45) is 0. The number of benzene rings is 8. The van der Waals surface area contributed by atoms with Crippen LogP contribution in [0.3, 0.4) is 0 Å². The minimum absolute atomic E-state index is 0.651. The van der Waals surface area contributed by atoms with Gasteiger partial charge in [0.05, 0.1) is 0 Å². The molecule has 0 saturated carbocycles. The maximum absolute atomic E-state index is 5.10. The van der Waals surface area contributed by atoms with Crippen LogP contribution in [-0.4, -0.2) is 15.0 Å². The second kappa shape index (κ2) is 13.5. The highest BCUT2D eigenvalue weighted by Crippen LogP contribution is 2.47. The molecule has 0 aliphatic heterocycles. The molecule has 3 nitrogen and oxygen atoms in total. The molecule has 0 spiro atoms. The van der Waals surface area contributed by atoms with Gasteiger partial charge in [0, 0.05) is 62.6 Å². The van der Waals surface area contributed by atoms with Crippen LogP contribution in [0.5, 0.6) is 0 Å². The Labute approximate surface area is 331 Å². The van der Waals surface area contributed by atoms with Crippen LogP contribution < -0.4 is 0 Å². The molecular weight excluding hydrogens is 719 g/mol. The van der Waals surface area contributed by atoms with E-state index < -0.39 is 0 Å². The quantitative estimate of drug-likeness (QED) is 0.170. The first-order valence-corrected chi connectivity index (χ1v) is 20.3. The van der Waals surface area contributed by atoms with Gasteiger partial charge in [0.2, 0.25) is 0 Å². The van der Waals surface area contributed by atoms with Crippen molar-refractivity contribution in [2.75, 3.05) is 0 Å². The van der Waals surface area contributed by atoms with Crippen LogP contribution in [0.15, 0.2) is 188 Å². The third-order valence-corrected chi connectivity index (χ3v) is 12.9. The molecule has 0 aliphatic carbocycles. The summed E-state index contributed by atoms with van der Waals surface area (Å²) in [6, 6.07) is 66.8. The van der Waals surface area contributed by atoms with Crippen molar-refractivity contribution in [2.24, 2.45) is 0 Å². The van der Waals surface area contributed by atoms with Crippen molar-refractivity contribution in [2.45, 2.75) is 0 Å². The normalized spacial score (nSPS) is 11.6. The lowest BCUT2D eigenvalue weighted by atomic mass is 9.93. The third kappa shape index (κ3) is 5.68. The number of hydrogen-bond acceptors (Lipinski definition) is 5. The van der Waals surface area contributed by atoms with Gasteiger partial charge < -0.3 is 0 Å². The molecule has 0 amide bonds. The van der Waals surface area contributed by atoms with Crippen LogP contribution in [-0.2, 0) is 0 Å². The predicted octanol–water partition coefficient (Wildman–Crippen LogP) is 14.6. The van der Waals surface area contributed by atoms with Crippen LogP contribution >= 0.6 is 22.7 Å². The number of rotatable bonds is 6. The zero-order chi connectivity index (χ0) is 37.0. The Bertz CT molecular complexity index is 3220. The zero-order valence-electron chi connectivity index (χ0n) is 30.1. The Hall–Kier alpha value is -6.79. The average Bonchev–Trinajstić information content (AvgIpc) is 3.85. The lowest BCUT2D eigenvalue weighted by molar-refractivity contribution is 1.07. The lowest BCUT2D eigenvalue weighted by Gasteiger charge is -2.11. The topological polar surface area (TPSA) is 38.7 Å². The van der Waals surface area contributed by atoms with E-state index in [1.165, 1.54) is 68.2 Å². The third-order valence-electron chi connectivity index (χ3n) is 10.5. The van der Waals surface area contributed by atoms with Gasteiger partial charge in [-0.1, -0.05) is 158 Å². The first kappa shape index (κ1) is 32.6. The van der Waals surface area contributed by atoms with Gasteiger partial charge in [-0.3, -0.25) is 0 Å². The predicted molar refractivity (Wildman–Crippen MR) is 238 cm³/mol. The number of aromatic nitrogens is 3. The molecule has 0 aliphatic rings. The molecule has 0 unspecified atom stereocenters. The van der Waals surface area contributed by atoms with Crippen molar-refractivity contribution in [3.05, 3.63) is 188 Å². The van der Waals surface area contributed by atoms with Gasteiger partial charge in [0.1, 0.15) is 0 Å². The Morgan fingerprint density at radius 1 is 0.286 bits per heavy atom. The van der Waals surface area contributed by atoms with Crippen LogP contribution in [0.1, 0.15) is 0 Å². The summed E-state index contributed by atoms with van der Waals surface area (Å²) >= 11 is 3.71. The molecule has 0 radical (unpaired) electrons. The molecule has 0 saturated heterocycles.